The molecule has 0 unspecified atom stereocenters. The Morgan fingerprint density at radius 3 is 2.70 bits per heavy atom. The summed E-state index contributed by atoms with van der Waals surface area (Å²) in [5, 5.41) is 0. The van der Waals surface area contributed by atoms with Crippen LogP contribution in [-0.4, -0.2) is 25.8 Å². The van der Waals surface area contributed by atoms with Gasteiger partial charge >= 0.3 is 0 Å². The predicted octanol–water partition coefficient (Wildman–Crippen LogP) is 0.583. The molecule has 3 heteroatoms. The van der Waals surface area contributed by atoms with Crippen molar-refractivity contribution in [2.24, 2.45) is 5.92 Å². The van der Waals surface area contributed by atoms with Gasteiger partial charge in [-0.3, -0.25) is 0 Å². The number of hydrogen-bond donors (Lipinski definition) is 0. The van der Waals surface area contributed by atoms with Crippen LogP contribution in [0.4, 0.5) is 0 Å². The first-order chi connectivity index (χ1) is 4.77. The standard InChI is InChI=1S/C7H12O3/c1-5-6(4-8)3-7(9-2)10-5/h4-7H,3H2,1-2H3/t5-,6-,7+/m0/s1. The highest BCUT2D eigenvalue weighted by atomic mass is 16.7. The van der Waals surface area contributed by atoms with Crippen molar-refractivity contribution in [1.82, 2.24) is 0 Å². The zero-order valence-corrected chi connectivity index (χ0v) is 6.24. The average Bonchev–Trinajstić information content (AvgIpc) is 2.30. The maximum Gasteiger partial charge on any atom is 0.158 e. The number of carbonyl (C=O) groups excluding carboxylic acids is 1. The molecular formula is C7H12O3. The van der Waals surface area contributed by atoms with Gasteiger partial charge in [0.2, 0.25) is 0 Å². The van der Waals surface area contributed by atoms with E-state index in [1.807, 2.05) is 6.92 Å². The Kier molecular flexibility index (Phi) is 2.40. The number of hydrogen-bond acceptors (Lipinski definition) is 3. The van der Waals surface area contributed by atoms with Crippen LogP contribution in [0.2, 0.25) is 0 Å². The fourth-order valence-electron chi connectivity index (χ4n) is 1.13. The van der Waals surface area contributed by atoms with E-state index in [0.717, 1.165) is 6.29 Å². The van der Waals surface area contributed by atoms with Crippen LogP contribution in [0.1, 0.15) is 13.3 Å². The lowest BCUT2D eigenvalue weighted by atomic mass is 10.1. The molecule has 0 bridgehead atoms. The molecule has 0 aromatic carbocycles. The molecule has 0 aromatic rings. The summed E-state index contributed by atoms with van der Waals surface area (Å²) < 4.78 is 10.2. The lowest BCUT2D eigenvalue weighted by Gasteiger charge is -2.06. The van der Waals surface area contributed by atoms with Crippen molar-refractivity contribution in [1.29, 1.82) is 0 Å². The van der Waals surface area contributed by atoms with Gasteiger partial charge in [0.25, 0.3) is 0 Å². The Morgan fingerprint density at radius 1 is 1.70 bits per heavy atom. The molecule has 3 nitrogen and oxygen atoms in total. The van der Waals surface area contributed by atoms with E-state index < -0.39 is 0 Å². The lowest BCUT2D eigenvalue weighted by Crippen LogP contribution is -2.12. The van der Waals surface area contributed by atoms with Gasteiger partial charge < -0.3 is 14.3 Å². The molecule has 1 fully saturated rings. The minimum Gasteiger partial charge on any atom is -0.356 e. The predicted molar refractivity (Wildman–Crippen MR) is 35.5 cm³/mol. The van der Waals surface area contributed by atoms with Crippen LogP contribution in [0.5, 0.6) is 0 Å². The van der Waals surface area contributed by atoms with Gasteiger partial charge in [-0.2, -0.15) is 0 Å². The van der Waals surface area contributed by atoms with Crippen molar-refractivity contribution in [3.05, 3.63) is 0 Å². The second-order valence-electron chi connectivity index (χ2n) is 2.54. The highest BCUT2D eigenvalue weighted by Crippen LogP contribution is 2.24. The van der Waals surface area contributed by atoms with Crippen LogP contribution in [0.3, 0.4) is 0 Å². The number of aldehydes is 1. The first kappa shape index (κ1) is 7.69. The summed E-state index contributed by atoms with van der Waals surface area (Å²) >= 11 is 0. The van der Waals surface area contributed by atoms with Crippen molar-refractivity contribution in [2.45, 2.75) is 25.7 Å². The van der Waals surface area contributed by atoms with Crippen LogP contribution < -0.4 is 0 Å². The number of methoxy groups -OCH3 is 1. The van der Waals surface area contributed by atoms with Gasteiger partial charge in [0.15, 0.2) is 6.29 Å². The average molecular weight is 144 g/mol. The third-order valence-corrected chi connectivity index (χ3v) is 1.87. The highest BCUT2D eigenvalue weighted by Gasteiger charge is 2.31. The SMILES string of the molecule is CO[C@H]1C[C@@H](C=O)[C@H](C)O1. The van der Waals surface area contributed by atoms with Gasteiger partial charge in [-0.25, -0.2) is 0 Å². The van der Waals surface area contributed by atoms with Crippen molar-refractivity contribution < 1.29 is 14.3 Å². The Morgan fingerprint density at radius 2 is 2.40 bits per heavy atom. The summed E-state index contributed by atoms with van der Waals surface area (Å²) in [4.78, 5) is 10.3. The first-order valence-corrected chi connectivity index (χ1v) is 3.41. The van der Waals surface area contributed by atoms with E-state index >= 15 is 0 Å². The molecule has 1 rings (SSSR count). The Bertz CT molecular complexity index is 124. The van der Waals surface area contributed by atoms with E-state index in [1.54, 1.807) is 7.11 Å². The monoisotopic (exact) mass is 144 g/mol. The summed E-state index contributed by atoms with van der Waals surface area (Å²) in [6, 6.07) is 0. The van der Waals surface area contributed by atoms with E-state index in [4.69, 9.17) is 9.47 Å². The molecule has 0 aliphatic carbocycles. The first-order valence-electron chi connectivity index (χ1n) is 3.41. The lowest BCUT2D eigenvalue weighted by molar-refractivity contribution is -0.116. The van der Waals surface area contributed by atoms with Gasteiger partial charge in [-0.15, -0.1) is 0 Å². The molecule has 1 heterocycles. The molecule has 0 spiro atoms. The smallest absolute Gasteiger partial charge is 0.158 e. The zero-order valence-electron chi connectivity index (χ0n) is 6.24. The number of carbonyl (C=O) groups is 1. The van der Waals surface area contributed by atoms with Crippen LogP contribution in [0.25, 0.3) is 0 Å². The van der Waals surface area contributed by atoms with Crippen molar-refractivity contribution in [3.8, 4) is 0 Å². The Balaban J connectivity index is 2.43. The minimum atomic E-state index is -0.176. The van der Waals surface area contributed by atoms with E-state index in [-0.39, 0.29) is 18.3 Å². The maximum absolute atomic E-state index is 10.3. The molecule has 10 heavy (non-hydrogen) atoms. The summed E-state index contributed by atoms with van der Waals surface area (Å²) in [6.07, 6.45) is 1.47. The molecule has 0 amide bonds. The van der Waals surface area contributed by atoms with E-state index in [9.17, 15) is 4.79 Å². The molecule has 3 atom stereocenters. The summed E-state index contributed by atoms with van der Waals surface area (Å²) in [5.74, 6) is 0.0185. The normalized spacial score (nSPS) is 40.0. The Hall–Kier alpha value is -0.410. The van der Waals surface area contributed by atoms with Gasteiger partial charge in [0.05, 0.1) is 6.10 Å². The number of rotatable bonds is 2. The van der Waals surface area contributed by atoms with E-state index in [0.29, 0.717) is 6.42 Å². The zero-order chi connectivity index (χ0) is 7.56. The molecule has 0 aromatic heterocycles. The van der Waals surface area contributed by atoms with E-state index in [1.165, 1.54) is 0 Å². The van der Waals surface area contributed by atoms with Crippen molar-refractivity contribution >= 4 is 6.29 Å². The molecular weight excluding hydrogens is 132 g/mol. The fraction of sp³-hybridized carbons (Fsp3) is 0.857. The molecule has 0 saturated carbocycles. The van der Waals surface area contributed by atoms with Crippen LogP contribution >= 0.6 is 0 Å². The topological polar surface area (TPSA) is 35.5 Å². The van der Waals surface area contributed by atoms with Crippen molar-refractivity contribution in [3.63, 3.8) is 0 Å². The highest BCUT2D eigenvalue weighted by molar-refractivity contribution is 5.54. The maximum atomic E-state index is 10.3. The third kappa shape index (κ3) is 1.36. The van der Waals surface area contributed by atoms with Crippen LogP contribution in [0.15, 0.2) is 0 Å². The van der Waals surface area contributed by atoms with Gasteiger partial charge in [-0.1, -0.05) is 0 Å². The van der Waals surface area contributed by atoms with Crippen LogP contribution in [-0.2, 0) is 14.3 Å². The molecule has 1 saturated heterocycles. The molecule has 1 aliphatic heterocycles. The number of ether oxygens (including phenoxy) is 2. The third-order valence-electron chi connectivity index (χ3n) is 1.87. The van der Waals surface area contributed by atoms with Crippen molar-refractivity contribution in [2.75, 3.05) is 7.11 Å². The summed E-state index contributed by atoms with van der Waals surface area (Å²) in [5.41, 5.74) is 0. The molecule has 1 aliphatic rings. The molecule has 0 N–H and O–H groups in total. The quantitative estimate of drug-likeness (QED) is 0.532. The summed E-state index contributed by atoms with van der Waals surface area (Å²) in [6.45, 7) is 1.89. The fourth-order valence-corrected chi connectivity index (χ4v) is 1.13. The van der Waals surface area contributed by atoms with Gasteiger partial charge in [-0.05, 0) is 6.92 Å². The minimum absolute atomic E-state index is 0.0162. The molecule has 58 valence electrons. The van der Waals surface area contributed by atoms with E-state index in [2.05, 4.69) is 0 Å². The second kappa shape index (κ2) is 3.12. The van der Waals surface area contributed by atoms with Crippen LogP contribution in [0, 0.1) is 5.92 Å². The summed E-state index contributed by atoms with van der Waals surface area (Å²) in [7, 11) is 1.59. The Labute approximate surface area is 60.3 Å². The second-order valence-corrected chi connectivity index (χ2v) is 2.54. The van der Waals surface area contributed by atoms with Gasteiger partial charge in [0.1, 0.15) is 6.29 Å². The largest absolute Gasteiger partial charge is 0.356 e. The molecule has 0 radical (unpaired) electrons. The van der Waals surface area contributed by atoms with Gasteiger partial charge in [0, 0.05) is 19.4 Å².